The second kappa shape index (κ2) is 6.54. The molecular weight excluding hydrogens is 370 g/mol. The minimum Gasteiger partial charge on any atom is -0.482 e. The molecule has 0 atom stereocenters. The molecule has 11 nitrogen and oxygen atoms in total. The first-order valence-corrected chi connectivity index (χ1v) is 8.10. The number of carbonyl (C=O) groups is 3. The number of hydrogen-bond donors (Lipinski definition) is 4. The molecule has 1 aliphatic rings. The molecule has 0 radical (unpaired) electrons. The normalized spacial score (nSPS) is 12.8. The topological polar surface area (TPSA) is 155 Å². The van der Waals surface area contributed by atoms with E-state index in [2.05, 4.69) is 20.7 Å². The number of aromatic carboxylic acids is 1. The van der Waals surface area contributed by atoms with Crippen molar-refractivity contribution in [3.05, 3.63) is 57.6 Å². The number of carboxylic acid groups (broad SMARTS) is 1. The number of H-pyrrole nitrogens is 1. The van der Waals surface area contributed by atoms with E-state index >= 15 is 0 Å². The van der Waals surface area contributed by atoms with Crippen LogP contribution in [0.3, 0.4) is 0 Å². The highest BCUT2D eigenvalue weighted by Gasteiger charge is 2.18. The molecule has 0 unspecified atom stereocenters. The van der Waals surface area contributed by atoms with E-state index in [0.29, 0.717) is 17.0 Å². The van der Waals surface area contributed by atoms with Crippen LogP contribution in [0.1, 0.15) is 26.5 Å². The summed E-state index contributed by atoms with van der Waals surface area (Å²) in [5.74, 6) is -1.67. The summed E-state index contributed by atoms with van der Waals surface area (Å²) < 4.78 is 6.26. The Balaban J connectivity index is 1.56. The summed E-state index contributed by atoms with van der Waals surface area (Å²) in [4.78, 5) is 50.7. The highest BCUT2D eigenvalue weighted by atomic mass is 16.5. The molecule has 0 fully saturated rings. The molecule has 2 amide bonds. The van der Waals surface area contributed by atoms with E-state index in [1.807, 2.05) is 0 Å². The molecule has 11 heteroatoms. The van der Waals surface area contributed by atoms with Crippen molar-refractivity contribution in [2.75, 3.05) is 11.9 Å². The summed E-state index contributed by atoms with van der Waals surface area (Å²) in [6.45, 7) is 0.0581. The minimum atomic E-state index is -1.32. The Morgan fingerprint density at radius 2 is 2.07 bits per heavy atom. The van der Waals surface area contributed by atoms with Gasteiger partial charge in [-0.15, -0.1) is 0 Å². The molecular formula is C17H13N5O6. The fourth-order valence-electron chi connectivity index (χ4n) is 2.78. The van der Waals surface area contributed by atoms with Crippen molar-refractivity contribution in [2.45, 2.75) is 6.54 Å². The van der Waals surface area contributed by atoms with Crippen molar-refractivity contribution in [1.29, 1.82) is 0 Å². The van der Waals surface area contributed by atoms with Crippen molar-refractivity contribution in [3.8, 4) is 5.75 Å². The smallest absolute Gasteiger partial charge is 0.354 e. The van der Waals surface area contributed by atoms with Crippen LogP contribution in [0.4, 0.5) is 5.69 Å². The zero-order valence-corrected chi connectivity index (χ0v) is 14.2. The molecule has 28 heavy (non-hydrogen) atoms. The van der Waals surface area contributed by atoms with Gasteiger partial charge in [0.1, 0.15) is 11.4 Å². The number of carbonyl (C=O) groups excluding carboxylic acids is 2. The molecule has 142 valence electrons. The Morgan fingerprint density at radius 3 is 2.86 bits per heavy atom. The van der Waals surface area contributed by atoms with Crippen LogP contribution in [-0.4, -0.2) is 44.1 Å². The van der Waals surface area contributed by atoms with Crippen LogP contribution in [0, 0.1) is 0 Å². The summed E-state index contributed by atoms with van der Waals surface area (Å²) in [6, 6.07) is 7.23. The Bertz CT molecular complexity index is 1190. The summed E-state index contributed by atoms with van der Waals surface area (Å²) >= 11 is 0. The van der Waals surface area contributed by atoms with Crippen LogP contribution < -0.4 is 20.9 Å². The standard InChI is InChI=1S/C17H13N5O6/c23-14-5-13-19-10(4-11(17(26)27)22(13)21-14)16(25)18-6-8-1-2-12-9(3-8)20-15(24)7-28-12/h1-5H,6-7H2,(H,18,25)(H,20,24)(H,21,23)(H,26,27). The Kier molecular flexibility index (Phi) is 4.03. The van der Waals surface area contributed by atoms with Gasteiger partial charge >= 0.3 is 5.97 Å². The van der Waals surface area contributed by atoms with E-state index in [4.69, 9.17) is 4.74 Å². The second-order valence-corrected chi connectivity index (χ2v) is 6.00. The van der Waals surface area contributed by atoms with Crippen molar-refractivity contribution >= 4 is 29.1 Å². The maximum absolute atomic E-state index is 12.4. The Morgan fingerprint density at radius 1 is 1.25 bits per heavy atom. The first kappa shape index (κ1) is 17.3. The molecule has 0 aliphatic carbocycles. The van der Waals surface area contributed by atoms with E-state index in [1.54, 1.807) is 18.2 Å². The Labute approximate surface area is 155 Å². The zero-order chi connectivity index (χ0) is 19.8. The van der Waals surface area contributed by atoms with Crippen LogP contribution in [0.2, 0.25) is 0 Å². The lowest BCUT2D eigenvalue weighted by atomic mass is 10.1. The van der Waals surface area contributed by atoms with Gasteiger partial charge in [0.05, 0.1) is 5.69 Å². The number of amides is 2. The average molecular weight is 383 g/mol. The van der Waals surface area contributed by atoms with Gasteiger partial charge in [-0.3, -0.25) is 19.5 Å². The number of nitrogens with zero attached hydrogens (tertiary/aromatic N) is 2. The number of aromatic nitrogens is 3. The molecule has 0 bridgehead atoms. The highest BCUT2D eigenvalue weighted by Crippen LogP contribution is 2.28. The van der Waals surface area contributed by atoms with Gasteiger partial charge in [0, 0.05) is 18.7 Å². The third-order valence-electron chi connectivity index (χ3n) is 4.04. The molecule has 4 rings (SSSR count). The third kappa shape index (κ3) is 3.16. The number of rotatable bonds is 4. The van der Waals surface area contributed by atoms with Crippen molar-refractivity contribution in [2.24, 2.45) is 0 Å². The van der Waals surface area contributed by atoms with Crippen LogP contribution >= 0.6 is 0 Å². The summed E-state index contributed by atoms with van der Waals surface area (Å²) in [6.07, 6.45) is 0. The zero-order valence-electron chi connectivity index (χ0n) is 14.2. The maximum atomic E-state index is 12.4. The van der Waals surface area contributed by atoms with Gasteiger partial charge in [0.15, 0.2) is 17.9 Å². The lowest BCUT2D eigenvalue weighted by molar-refractivity contribution is -0.118. The van der Waals surface area contributed by atoms with E-state index < -0.39 is 17.4 Å². The third-order valence-corrected chi connectivity index (χ3v) is 4.04. The minimum absolute atomic E-state index is 0.0173. The van der Waals surface area contributed by atoms with Crippen LogP contribution in [0.15, 0.2) is 35.1 Å². The van der Waals surface area contributed by atoms with Gasteiger partial charge in [0.2, 0.25) is 0 Å². The van der Waals surface area contributed by atoms with E-state index in [0.717, 1.165) is 16.6 Å². The van der Waals surface area contributed by atoms with E-state index in [9.17, 15) is 24.3 Å². The predicted molar refractivity (Wildman–Crippen MR) is 94.5 cm³/mol. The highest BCUT2D eigenvalue weighted by molar-refractivity contribution is 5.96. The molecule has 2 aromatic heterocycles. The molecule has 4 N–H and O–H groups in total. The lowest BCUT2D eigenvalue weighted by Crippen LogP contribution is -2.27. The van der Waals surface area contributed by atoms with E-state index in [-0.39, 0.29) is 36.1 Å². The van der Waals surface area contributed by atoms with Crippen molar-refractivity contribution in [1.82, 2.24) is 19.9 Å². The quantitative estimate of drug-likeness (QED) is 0.493. The number of hydrogen-bond acceptors (Lipinski definition) is 6. The average Bonchev–Trinajstić information content (AvgIpc) is 3.04. The van der Waals surface area contributed by atoms with Gasteiger partial charge in [-0.25, -0.2) is 14.3 Å². The summed E-state index contributed by atoms with van der Waals surface area (Å²) in [5.41, 5.74) is 0.226. The van der Waals surface area contributed by atoms with Crippen LogP contribution in [0.5, 0.6) is 5.75 Å². The van der Waals surface area contributed by atoms with Gasteiger partial charge in [0.25, 0.3) is 17.4 Å². The number of anilines is 1. The molecule has 3 heterocycles. The monoisotopic (exact) mass is 383 g/mol. The second-order valence-electron chi connectivity index (χ2n) is 6.00. The SMILES string of the molecule is O=C1COc2ccc(CNC(=O)c3cc(C(=O)O)n4[nH]c(=O)cc4n3)cc2N1. The van der Waals surface area contributed by atoms with Gasteiger partial charge in [-0.05, 0) is 17.7 Å². The molecule has 1 aromatic carbocycles. The number of ether oxygens (including phenoxy) is 1. The van der Waals surface area contributed by atoms with Crippen LogP contribution in [0.25, 0.3) is 5.65 Å². The first-order valence-electron chi connectivity index (χ1n) is 8.10. The number of carboxylic acids is 1. The van der Waals surface area contributed by atoms with Gasteiger partial charge in [-0.2, -0.15) is 0 Å². The number of nitrogens with one attached hydrogen (secondary N) is 3. The molecule has 0 saturated carbocycles. The van der Waals surface area contributed by atoms with E-state index in [1.165, 1.54) is 0 Å². The largest absolute Gasteiger partial charge is 0.482 e. The predicted octanol–water partition coefficient (Wildman–Crippen LogP) is -0.0183. The number of aromatic amines is 1. The Hall–Kier alpha value is -4.15. The summed E-state index contributed by atoms with van der Waals surface area (Å²) in [5, 5.41) is 16.9. The van der Waals surface area contributed by atoms with Gasteiger partial charge in [-0.1, -0.05) is 6.07 Å². The van der Waals surface area contributed by atoms with Crippen LogP contribution in [-0.2, 0) is 11.3 Å². The molecule has 0 saturated heterocycles. The summed E-state index contributed by atoms with van der Waals surface area (Å²) in [7, 11) is 0. The molecule has 1 aliphatic heterocycles. The number of benzene rings is 1. The molecule has 0 spiro atoms. The number of fused-ring (bicyclic) bond motifs is 2. The van der Waals surface area contributed by atoms with Gasteiger partial charge < -0.3 is 20.5 Å². The van der Waals surface area contributed by atoms with Crippen molar-refractivity contribution in [3.63, 3.8) is 0 Å². The fraction of sp³-hybridized carbons (Fsp3) is 0.118. The van der Waals surface area contributed by atoms with Crippen molar-refractivity contribution < 1.29 is 24.2 Å². The first-order chi connectivity index (χ1) is 13.4. The maximum Gasteiger partial charge on any atom is 0.354 e. The molecule has 3 aromatic rings. The fourth-order valence-corrected chi connectivity index (χ4v) is 2.78. The lowest BCUT2D eigenvalue weighted by Gasteiger charge is -2.18.